The van der Waals surface area contributed by atoms with Gasteiger partial charge in [0.15, 0.2) is 0 Å². The first-order chi connectivity index (χ1) is 8.48. The van der Waals surface area contributed by atoms with Gasteiger partial charge in [-0.05, 0) is 39.5 Å². The maximum Gasteiger partial charge on any atom is 0.308 e. The molecule has 0 aromatic carbocycles. The van der Waals surface area contributed by atoms with Crippen molar-refractivity contribution in [3.63, 3.8) is 0 Å². The summed E-state index contributed by atoms with van der Waals surface area (Å²) in [6, 6.07) is 2.16. The molecular weight excluding hydrogens is 226 g/mol. The van der Waals surface area contributed by atoms with Gasteiger partial charge >= 0.3 is 5.97 Å². The molecule has 18 heavy (non-hydrogen) atoms. The van der Waals surface area contributed by atoms with Gasteiger partial charge in [-0.25, -0.2) is 0 Å². The molecule has 98 valence electrons. The summed E-state index contributed by atoms with van der Waals surface area (Å²) in [6.45, 7) is 3.98. The molecular formula is C15H21NO2. The number of methoxy groups -OCH3 is 1. The zero-order chi connectivity index (χ0) is 13.6. The smallest absolute Gasteiger partial charge is 0.308 e. The lowest BCUT2D eigenvalue weighted by molar-refractivity contribution is -0.146. The highest BCUT2D eigenvalue weighted by Gasteiger charge is 2.26. The monoisotopic (exact) mass is 247 g/mol. The Balaban J connectivity index is 2.48. The second kappa shape index (κ2) is 6.45. The average Bonchev–Trinajstić information content (AvgIpc) is 2.36. The van der Waals surface area contributed by atoms with Gasteiger partial charge in [-0.3, -0.25) is 4.79 Å². The number of esters is 1. The van der Waals surface area contributed by atoms with Gasteiger partial charge in [0.1, 0.15) is 0 Å². The summed E-state index contributed by atoms with van der Waals surface area (Å²) < 4.78 is 4.76. The summed E-state index contributed by atoms with van der Waals surface area (Å²) in [5, 5.41) is 8.69. The van der Waals surface area contributed by atoms with Crippen molar-refractivity contribution in [3.05, 3.63) is 0 Å². The Morgan fingerprint density at radius 2 is 1.94 bits per heavy atom. The zero-order valence-electron chi connectivity index (χ0n) is 11.5. The number of nitrogens with zero attached hydrogens (tertiary/aromatic N) is 1. The van der Waals surface area contributed by atoms with Crippen LogP contribution in [0, 0.1) is 40.4 Å². The second-order valence-corrected chi connectivity index (χ2v) is 5.56. The molecule has 0 spiro atoms. The molecule has 0 aromatic rings. The predicted octanol–water partition coefficient (Wildman–Crippen LogP) is 2.91. The van der Waals surface area contributed by atoms with E-state index in [0.29, 0.717) is 12.3 Å². The number of carbonyl (C=O) groups excluding carboxylic acids is 1. The summed E-state index contributed by atoms with van der Waals surface area (Å²) in [4.78, 5) is 11.4. The Labute approximate surface area is 110 Å². The molecule has 0 amide bonds. The van der Waals surface area contributed by atoms with Gasteiger partial charge in [-0.1, -0.05) is 11.8 Å². The van der Waals surface area contributed by atoms with Gasteiger partial charge in [0.25, 0.3) is 0 Å². The lowest BCUT2D eigenvalue weighted by atomic mass is 9.81. The highest BCUT2D eigenvalue weighted by molar-refractivity contribution is 5.72. The topological polar surface area (TPSA) is 50.1 Å². The van der Waals surface area contributed by atoms with Gasteiger partial charge in [0.2, 0.25) is 0 Å². The van der Waals surface area contributed by atoms with E-state index >= 15 is 0 Å². The van der Waals surface area contributed by atoms with Crippen molar-refractivity contribution < 1.29 is 9.53 Å². The van der Waals surface area contributed by atoms with E-state index in [-0.39, 0.29) is 17.3 Å². The Kier molecular flexibility index (Phi) is 5.23. The quantitative estimate of drug-likeness (QED) is 0.557. The summed E-state index contributed by atoms with van der Waals surface area (Å²) in [5.74, 6) is 6.80. The Hall–Kier alpha value is -1.48. The van der Waals surface area contributed by atoms with E-state index in [4.69, 9.17) is 10.00 Å². The Morgan fingerprint density at radius 1 is 1.33 bits per heavy atom. The molecule has 1 saturated carbocycles. The van der Waals surface area contributed by atoms with E-state index in [1.54, 1.807) is 0 Å². The molecule has 0 atom stereocenters. The minimum absolute atomic E-state index is 0.0557. The molecule has 0 bridgehead atoms. The molecule has 0 N–H and O–H groups in total. The first kappa shape index (κ1) is 14.6. The third-order valence-corrected chi connectivity index (χ3v) is 3.40. The molecule has 1 fully saturated rings. The number of hydrogen-bond acceptors (Lipinski definition) is 3. The van der Waals surface area contributed by atoms with Crippen LogP contribution in [0.5, 0.6) is 0 Å². The fraction of sp³-hybridized carbons (Fsp3) is 0.733. The van der Waals surface area contributed by atoms with Gasteiger partial charge in [-0.2, -0.15) is 5.26 Å². The summed E-state index contributed by atoms with van der Waals surface area (Å²) >= 11 is 0. The molecule has 0 aliphatic heterocycles. The van der Waals surface area contributed by atoms with Gasteiger partial charge in [-0.15, -0.1) is 0 Å². The van der Waals surface area contributed by atoms with Crippen molar-refractivity contribution in [3.8, 4) is 17.9 Å². The largest absolute Gasteiger partial charge is 0.469 e. The molecule has 0 aromatic heterocycles. The summed E-state index contributed by atoms with van der Waals surface area (Å²) in [6.07, 6.45) is 4.09. The van der Waals surface area contributed by atoms with Crippen LogP contribution < -0.4 is 0 Å². The number of nitriles is 1. The molecule has 0 radical (unpaired) electrons. The molecule has 1 rings (SSSR count). The molecule has 0 heterocycles. The normalized spacial score (nSPS) is 23.4. The standard InChI is InChI=1S/C15H21NO2/c1-15(2,10-11-16)9-8-12-4-6-13(7-5-12)14(17)18-3/h12-13H,4-7,10H2,1-3H3. The number of rotatable bonds is 2. The van der Waals surface area contributed by atoms with Crippen molar-refractivity contribution >= 4 is 5.97 Å². The maximum absolute atomic E-state index is 11.4. The van der Waals surface area contributed by atoms with Gasteiger partial charge in [0, 0.05) is 11.3 Å². The van der Waals surface area contributed by atoms with Crippen LogP contribution in [-0.4, -0.2) is 13.1 Å². The van der Waals surface area contributed by atoms with Crippen molar-refractivity contribution in [1.82, 2.24) is 0 Å². The molecule has 3 nitrogen and oxygen atoms in total. The van der Waals surface area contributed by atoms with Crippen LogP contribution in [0.15, 0.2) is 0 Å². The van der Waals surface area contributed by atoms with Gasteiger partial charge in [0.05, 0.1) is 25.5 Å². The number of hydrogen-bond donors (Lipinski definition) is 0. The molecule has 3 heteroatoms. The minimum Gasteiger partial charge on any atom is -0.469 e. The highest BCUT2D eigenvalue weighted by atomic mass is 16.5. The second-order valence-electron chi connectivity index (χ2n) is 5.56. The van der Waals surface area contributed by atoms with Crippen LogP contribution in [0.3, 0.4) is 0 Å². The van der Waals surface area contributed by atoms with E-state index in [9.17, 15) is 4.79 Å². The first-order valence-corrected chi connectivity index (χ1v) is 6.46. The Morgan fingerprint density at radius 3 is 2.44 bits per heavy atom. The Bertz CT molecular complexity index is 387. The van der Waals surface area contributed by atoms with Crippen LogP contribution in [0.2, 0.25) is 0 Å². The average molecular weight is 247 g/mol. The SMILES string of the molecule is COC(=O)C1CCC(C#CC(C)(C)CC#N)CC1. The van der Waals surface area contributed by atoms with E-state index in [1.807, 2.05) is 13.8 Å². The number of carbonyl (C=O) groups is 1. The lowest BCUT2D eigenvalue weighted by Gasteiger charge is -2.24. The van der Waals surface area contributed by atoms with Crippen LogP contribution in [0.25, 0.3) is 0 Å². The van der Waals surface area contributed by atoms with Crippen molar-refractivity contribution in [2.45, 2.75) is 46.0 Å². The third kappa shape index (κ3) is 4.41. The van der Waals surface area contributed by atoms with Crippen LogP contribution >= 0.6 is 0 Å². The van der Waals surface area contributed by atoms with Crippen molar-refractivity contribution in [2.24, 2.45) is 17.3 Å². The summed E-state index contributed by atoms with van der Waals surface area (Å²) in [7, 11) is 1.44. The minimum atomic E-state index is -0.228. The maximum atomic E-state index is 11.4. The number of ether oxygens (including phenoxy) is 1. The molecule has 1 aliphatic rings. The highest BCUT2D eigenvalue weighted by Crippen LogP contribution is 2.29. The zero-order valence-corrected chi connectivity index (χ0v) is 11.5. The van der Waals surface area contributed by atoms with Crippen molar-refractivity contribution in [1.29, 1.82) is 5.26 Å². The fourth-order valence-corrected chi connectivity index (χ4v) is 2.18. The van der Waals surface area contributed by atoms with E-state index in [0.717, 1.165) is 25.7 Å². The fourth-order valence-electron chi connectivity index (χ4n) is 2.18. The third-order valence-electron chi connectivity index (χ3n) is 3.40. The first-order valence-electron chi connectivity index (χ1n) is 6.46. The lowest BCUT2D eigenvalue weighted by Crippen LogP contribution is -2.22. The van der Waals surface area contributed by atoms with E-state index < -0.39 is 0 Å². The summed E-state index contributed by atoms with van der Waals surface area (Å²) in [5.41, 5.74) is -0.228. The molecule has 0 saturated heterocycles. The molecule has 1 aliphatic carbocycles. The molecule has 0 unspecified atom stereocenters. The van der Waals surface area contributed by atoms with E-state index in [2.05, 4.69) is 17.9 Å². The predicted molar refractivity (Wildman–Crippen MR) is 69.3 cm³/mol. The van der Waals surface area contributed by atoms with Crippen LogP contribution in [0.4, 0.5) is 0 Å². The van der Waals surface area contributed by atoms with Crippen LogP contribution in [0.1, 0.15) is 46.0 Å². The van der Waals surface area contributed by atoms with Crippen LogP contribution in [-0.2, 0) is 9.53 Å². The van der Waals surface area contributed by atoms with Gasteiger partial charge < -0.3 is 4.74 Å². The van der Waals surface area contributed by atoms with Crippen molar-refractivity contribution in [2.75, 3.05) is 7.11 Å². The van der Waals surface area contributed by atoms with E-state index in [1.165, 1.54) is 7.11 Å².